The van der Waals surface area contributed by atoms with E-state index in [1.807, 2.05) is 24.3 Å². The number of thioether (sulfide) groups is 1. The molecule has 0 unspecified atom stereocenters. The summed E-state index contributed by atoms with van der Waals surface area (Å²) in [6.07, 6.45) is 8.65. The second-order valence-electron chi connectivity index (χ2n) is 15.1. The predicted octanol–water partition coefficient (Wildman–Crippen LogP) is 9.52. The van der Waals surface area contributed by atoms with Crippen LogP contribution in [0.15, 0.2) is 113 Å². The van der Waals surface area contributed by atoms with Crippen molar-refractivity contribution in [2.24, 2.45) is 22.9 Å². The molecule has 312 valence electrons. The zero-order chi connectivity index (χ0) is 41.4. The minimum absolute atomic E-state index is 0.0872. The fourth-order valence-electron chi connectivity index (χ4n) is 9.15. The number of carbonyl (C=O) groups excluding carboxylic acids is 1. The summed E-state index contributed by atoms with van der Waals surface area (Å²) in [4.78, 5) is 20.1. The third-order valence-corrected chi connectivity index (χ3v) is 13.0. The summed E-state index contributed by atoms with van der Waals surface area (Å²) < 4.78 is 31.1. The van der Waals surface area contributed by atoms with Crippen LogP contribution in [0.1, 0.15) is 56.4 Å². The number of methoxy groups -OCH3 is 2. The largest absolute Gasteiger partial charge is 0.497 e. The highest BCUT2D eigenvalue weighted by molar-refractivity contribution is 8.00. The summed E-state index contributed by atoms with van der Waals surface area (Å²) in [5.74, 6) is 0.557. The quantitative estimate of drug-likeness (QED) is 0.0506. The summed E-state index contributed by atoms with van der Waals surface area (Å²) in [5.41, 5.74) is 3.19. The standard InChI is InChI=1S/C47H54N2O9S/c1-5-24-56-47-43(59-35-19-16-30-12-6-7-13-31(30)25-35)29-40(49-55-4)37-26-32(14-8-10-22-50)36(15-9-11-23-51)44(45(37)47)38-27-34(18-21-41(38)58-47)57-46(52)48-39-20-17-33(53-2)28-42(39)54-3/h5-7,12-13,16-21,25-28,32,36,43-45,50-51H,1,8-11,14-15,22-24,29H2,2-4H3,(H,48,52)/t32-,36+,43-,44+,45+,47+/m0/s1. The van der Waals surface area contributed by atoms with Gasteiger partial charge in [0, 0.05) is 42.1 Å². The molecule has 0 saturated heterocycles. The second-order valence-corrected chi connectivity index (χ2v) is 16.4. The molecule has 0 spiro atoms. The number of ether oxygens (including phenoxy) is 5. The number of oxime groups is 1. The minimum atomic E-state index is -1.16. The van der Waals surface area contributed by atoms with E-state index in [1.54, 1.807) is 56.3 Å². The van der Waals surface area contributed by atoms with Crippen molar-refractivity contribution in [2.75, 3.05) is 46.5 Å². The Morgan fingerprint density at radius 1 is 0.932 bits per heavy atom. The lowest BCUT2D eigenvalue weighted by Gasteiger charge is -2.58. The average Bonchev–Trinajstić information content (AvgIpc) is 3.25. The van der Waals surface area contributed by atoms with E-state index in [1.165, 1.54) is 7.11 Å². The Bertz CT molecular complexity index is 2170. The zero-order valence-corrected chi connectivity index (χ0v) is 34.7. The lowest BCUT2D eigenvalue weighted by Crippen LogP contribution is -2.64. The second kappa shape index (κ2) is 19.4. The first-order valence-corrected chi connectivity index (χ1v) is 21.2. The Balaban J connectivity index is 1.35. The van der Waals surface area contributed by atoms with E-state index in [0.29, 0.717) is 47.9 Å². The van der Waals surface area contributed by atoms with Gasteiger partial charge in [-0.3, -0.25) is 5.32 Å². The fraction of sp³-hybridized carbons (Fsp3) is 0.404. The maximum absolute atomic E-state index is 13.5. The molecule has 1 fully saturated rings. The Labute approximate surface area is 350 Å². The molecule has 4 aromatic rings. The van der Waals surface area contributed by atoms with Crippen LogP contribution in [-0.4, -0.2) is 74.2 Å². The first-order chi connectivity index (χ1) is 28.9. The molecule has 11 nitrogen and oxygen atoms in total. The number of unbranched alkanes of at least 4 members (excludes halogenated alkanes) is 2. The van der Waals surface area contributed by atoms with E-state index in [9.17, 15) is 15.0 Å². The summed E-state index contributed by atoms with van der Waals surface area (Å²) >= 11 is 1.71. The number of benzene rings is 4. The number of aliphatic hydroxyl groups is 2. The van der Waals surface area contributed by atoms with Gasteiger partial charge in [-0.1, -0.05) is 60.5 Å². The number of hydrogen-bond donors (Lipinski definition) is 3. The lowest BCUT2D eigenvalue weighted by atomic mass is 9.56. The van der Waals surface area contributed by atoms with Crippen molar-refractivity contribution in [1.29, 1.82) is 0 Å². The number of hydrogen-bond acceptors (Lipinski definition) is 11. The molecule has 0 bridgehead atoms. The van der Waals surface area contributed by atoms with Gasteiger partial charge in [-0.25, -0.2) is 4.79 Å². The molecule has 1 saturated carbocycles. The smallest absolute Gasteiger partial charge is 0.417 e. The molecule has 59 heavy (non-hydrogen) atoms. The number of rotatable bonds is 18. The first-order valence-electron chi connectivity index (χ1n) is 20.3. The summed E-state index contributed by atoms with van der Waals surface area (Å²) in [7, 11) is 4.66. The maximum Gasteiger partial charge on any atom is 0.417 e. The molecule has 4 aromatic carbocycles. The van der Waals surface area contributed by atoms with E-state index in [2.05, 4.69) is 48.3 Å². The maximum atomic E-state index is 13.5. The fourth-order valence-corrected chi connectivity index (χ4v) is 10.5. The number of allylic oxidation sites excluding steroid dienone is 1. The molecule has 1 heterocycles. The molecule has 0 radical (unpaired) electrons. The van der Waals surface area contributed by atoms with Crippen molar-refractivity contribution >= 4 is 40.0 Å². The first kappa shape index (κ1) is 42.1. The van der Waals surface area contributed by atoms with Crippen molar-refractivity contribution in [1.82, 2.24) is 0 Å². The van der Waals surface area contributed by atoms with Crippen LogP contribution in [0.4, 0.5) is 10.5 Å². The number of anilines is 1. The molecule has 1 amide bonds. The average molecular weight is 823 g/mol. The lowest BCUT2D eigenvalue weighted by molar-refractivity contribution is -0.223. The Morgan fingerprint density at radius 3 is 2.46 bits per heavy atom. The van der Waals surface area contributed by atoms with Crippen LogP contribution in [0.3, 0.4) is 0 Å². The van der Waals surface area contributed by atoms with Crippen LogP contribution in [0.2, 0.25) is 0 Å². The highest BCUT2D eigenvalue weighted by Crippen LogP contribution is 2.63. The van der Waals surface area contributed by atoms with Gasteiger partial charge in [0.2, 0.25) is 5.79 Å². The zero-order valence-electron chi connectivity index (χ0n) is 33.9. The van der Waals surface area contributed by atoms with Crippen molar-refractivity contribution in [3.05, 3.63) is 109 Å². The monoisotopic (exact) mass is 822 g/mol. The van der Waals surface area contributed by atoms with Crippen molar-refractivity contribution in [2.45, 2.75) is 66.8 Å². The molecule has 1 aliphatic heterocycles. The molecule has 3 N–H and O–H groups in total. The molecule has 6 atom stereocenters. The van der Waals surface area contributed by atoms with Gasteiger partial charge in [-0.05, 0) is 96.3 Å². The van der Waals surface area contributed by atoms with Gasteiger partial charge < -0.3 is 38.7 Å². The molecular weight excluding hydrogens is 769 g/mol. The van der Waals surface area contributed by atoms with Gasteiger partial charge in [0.05, 0.1) is 43.4 Å². The Morgan fingerprint density at radius 2 is 1.71 bits per heavy atom. The summed E-state index contributed by atoms with van der Waals surface area (Å²) in [5, 5.41) is 29.3. The Kier molecular flexibility index (Phi) is 13.8. The summed E-state index contributed by atoms with van der Waals surface area (Å²) in [6, 6.07) is 25.5. The number of aliphatic hydroxyl groups excluding tert-OH is 2. The van der Waals surface area contributed by atoms with Crippen LogP contribution >= 0.6 is 11.8 Å². The van der Waals surface area contributed by atoms with Crippen LogP contribution in [-0.2, 0) is 9.57 Å². The molecule has 3 aliphatic rings. The van der Waals surface area contributed by atoms with Gasteiger partial charge >= 0.3 is 6.09 Å². The molecule has 2 aliphatic carbocycles. The SMILES string of the molecule is C=CCO[C@@]12Oc3ccc(OC(=O)Nc4ccc(OC)cc4OC)cc3[C@H]3[C@H](CCCCO)[C@@H](CCCCO)C=C(C(=NOC)C[C@@H]1Sc1ccc4ccccc4c1)[C@H]32. The highest BCUT2D eigenvalue weighted by Gasteiger charge is 2.64. The van der Waals surface area contributed by atoms with Gasteiger partial charge in [-0.2, -0.15) is 0 Å². The van der Waals surface area contributed by atoms with E-state index in [0.717, 1.165) is 58.2 Å². The van der Waals surface area contributed by atoms with E-state index >= 15 is 0 Å². The topological polar surface area (TPSA) is 137 Å². The van der Waals surface area contributed by atoms with Crippen molar-refractivity contribution in [3.63, 3.8) is 0 Å². The highest BCUT2D eigenvalue weighted by atomic mass is 32.2. The molecular formula is C47H54N2O9S. The number of carbonyl (C=O) groups is 1. The van der Waals surface area contributed by atoms with E-state index in [4.69, 9.17) is 33.7 Å². The molecule has 7 rings (SSSR count). The minimum Gasteiger partial charge on any atom is -0.497 e. The van der Waals surface area contributed by atoms with Gasteiger partial charge in [0.15, 0.2) is 0 Å². The summed E-state index contributed by atoms with van der Waals surface area (Å²) in [6.45, 7) is 4.51. The van der Waals surface area contributed by atoms with Gasteiger partial charge in [0.1, 0.15) is 30.1 Å². The van der Waals surface area contributed by atoms with Crippen LogP contribution in [0, 0.1) is 17.8 Å². The van der Waals surface area contributed by atoms with E-state index in [-0.39, 0.29) is 48.7 Å². The van der Waals surface area contributed by atoms with Crippen LogP contribution in [0.25, 0.3) is 10.8 Å². The van der Waals surface area contributed by atoms with Crippen LogP contribution in [0.5, 0.6) is 23.0 Å². The third-order valence-electron chi connectivity index (χ3n) is 11.7. The van der Waals surface area contributed by atoms with Crippen LogP contribution < -0.4 is 24.3 Å². The molecule has 12 heteroatoms. The number of amides is 1. The van der Waals surface area contributed by atoms with Crippen molar-refractivity contribution < 1.29 is 43.5 Å². The number of fused-ring (bicyclic) bond motifs is 3. The normalized spacial score (nSPS) is 23.6. The third kappa shape index (κ3) is 8.96. The number of nitrogens with one attached hydrogen (secondary N) is 1. The molecule has 0 aromatic heterocycles. The number of nitrogens with zero attached hydrogens (tertiary/aromatic N) is 1. The van der Waals surface area contributed by atoms with Gasteiger partial charge in [0.25, 0.3) is 0 Å². The van der Waals surface area contributed by atoms with E-state index < -0.39 is 11.9 Å². The van der Waals surface area contributed by atoms with Gasteiger partial charge in [-0.15, -0.1) is 18.3 Å². The Hall–Kier alpha value is -5.01. The predicted molar refractivity (Wildman–Crippen MR) is 231 cm³/mol. The van der Waals surface area contributed by atoms with Crippen molar-refractivity contribution in [3.8, 4) is 23.0 Å².